The van der Waals surface area contributed by atoms with E-state index < -0.39 is 0 Å². The number of nitrogens with zero attached hydrogens (tertiary/aromatic N) is 2. The number of hydrogen-bond donors (Lipinski definition) is 2. The molecule has 0 spiro atoms. The van der Waals surface area contributed by atoms with Crippen LogP contribution in [0.3, 0.4) is 0 Å². The summed E-state index contributed by atoms with van der Waals surface area (Å²) in [5.74, 6) is 0.944. The van der Waals surface area contributed by atoms with Gasteiger partial charge in [-0.15, -0.1) is 0 Å². The number of aliphatic hydroxyl groups excluding tert-OH is 1. The average molecular weight is 301 g/mol. The van der Waals surface area contributed by atoms with Gasteiger partial charge in [0.05, 0.1) is 6.61 Å². The molecular formula is C13H23N3OS2. The van der Waals surface area contributed by atoms with Gasteiger partial charge < -0.3 is 10.4 Å². The maximum Gasteiger partial charge on any atom is 0.170 e. The molecule has 0 radical (unpaired) electrons. The van der Waals surface area contributed by atoms with E-state index in [-0.39, 0.29) is 12.1 Å². The lowest BCUT2D eigenvalue weighted by atomic mass is 9.98. The fourth-order valence-corrected chi connectivity index (χ4v) is 4.96. The second kappa shape index (κ2) is 6.52. The van der Waals surface area contributed by atoms with Crippen molar-refractivity contribution in [3.05, 3.63) is 5.82 Å². The van der Waals surface area contributed by atoms with E-state index in [4.69, 9.17) is 0 Å². The van der Waals surface area contributed by atoms with Crippen molar-refractivity contribution in [3.8, 4) is 0 Å². The molecule has 1 fully saturated rings. The third kappa shape index (κ3) is 3.90. The first-order valence-corrected chi connectivity index (χ1v) is 8.60. The Balaban J connectivity index is 1.93. The molecule has 2 rings (SSSR count). The van der Waals surface area contributed by atoms with Gasteiger partial charge in [-0.3, -0.25) is 0 Å². The molecule has 4 nitrogen and oxygen atoms in total. The molecule has 0 saturated heterocycles. The molecule has 1 heterocycles. The minimum absolute atomic E-state index is 0.0931. The Morgan fingerprint density at radius 1 is 1.58 bits per heavy atom. The van der Waals surface area contributed by atoms with E-state index in [2.05, 4.69) is 35.4 Å². The maximum atomic E-state index is 9.69. The lowest BCUT2D eigenvalue weighted by Gasteiger charge is -2.31. The predicted octanol–water partition coefficient (Wildman–Crippen LogP) is 2.47. The molecule has 108 valence electrons. The molecule has 1 aromatic rings. The van der Waals surface area contributed by atoms with E-state index in [1.54, 1.807) is 0 Å². The van der Waals surface area contributed by atoms with Gasteiger partial charge >= 0.3 is 0 Å². The highest BCUT2D eigenvalue weighted by atomic mass is 32.2. The van der Waals surface area contributed by atoms with Gasteiger partial charge in [-0.05, 0) is 30.8 Å². The van der Waals surface area contributed by atoms with Crippen LogP contribution < -0.4 is 5.32 Å². The number of thioether (sulfide) groups is 1. The van der Waals surface area contributed by atoms with Crippen LogP contribution in [0, 0.1) is 0 Å². The molecule has 6 heteroatoms. The summed E-state index contributed by atoms with van der Waals surface area (Å²) in [4.78, 5) is 4.51. The standard InChI is InChI=1S/C13H23N3OS2/c1-4-11-14-12(19-16-11)18-10-5-6-13(7-10,8-17)15-9(2)3/h9-10,15,17H,4-8H2,1-3H3. The maximum absolute atomic E-state index is 9.69. The van der Waals surface area contributed by atoms with Crippen LogP contribution in [0.15, 0.2) is 4.34 Å². The summed E-state index contributed by atoms with van der Waals surface area (Å²) in [6, 6.07) is 0.407. The second-order valence-electron chi connectivity index (χ2n) is 5.55. The molecule has 0 amide bonds. The first-order chi connectivity index (χ1) is 9.07. The topological polar surface area (TPSA) is 58.0 Å². The average Bonchev–Trinajstić information content (AvgIpc) is 2.97. The van der Waals surface area contributed by atoms with Gasteiger partial charge in [0.25, 0.3) is 0 Å². The molecule has 2 atom stereocenters. The molecule has 2 N–H and O–H groups in total. The summed E-state index contributed by atoms with van der Waals surface area (Å²) in [6.45, 7) is 6.57. The van der Waals surface area contributed by atoms with Crippen LogP contribution in [0.1, 0.15) is 45.9 Å². The summed E-state index contributed by atoms with van der Waals surface area (Å²) in [6.07, 6.45) is 4.08. The Morgan fingerprint density at radius 2 is 2.37 bits per heavy atom. The molecule has 1 saturated carbocycles. The predicted molar refractivity (Wildman–Crippen MR) is 80.9 cm³/mol. The van der Waals surface area contributed by atoms with E-state index in [0.717, 1.165) is 35.8 Å². The van der Waals surface area contributed by atoms with E-state index in [9.17, 15) is 5.11 Å². The zero-order valence-corrected chi connectivity index (χ0v) is 13.5. The van der Waals surface area contributed by atoms with E-state index in [0.29, 0.717) is 11.3 Å². The minimum Gasteiger partial charge on any atom is -0.394 e. The number of aliphatic hydroxyl groups is 1. The van der Waals surface area contributed by atoms with Crippen molar-refractivity contribution in [1.82, 2.24) is 14.7 Å². The van der Waals surface area contributed by atoms with Crippen molar-refractivity contribution in [1.29, 1.82) is 0 Å². The number of nitrogens with one attached hydrogen (secondary N) is 1. The van der Waals surface area contributed by atoms with Crippen molar-refractivity contribution >= 4 is 23.3 Å². The van der Waals surface area contributed by atoms with Gasteiger partial charge in [0.1, 0.15) is 5.82 Å². The van der Waals surface area contributed by atoms with E-state index in [1.807, 2.05) is 11.8 Å². The molecule has 1 aliphatic rings. The van der Waals surface area contributed by atoms with Crippen LogP contribution in [0.5, 0.6) is 0 Å². The SMILES string of the molecule is CCc1nsc(SC2CCC(CO)(NC(C)C)C2)n1. The summed E-state index contributed by atoms with van der Waals surface area (Å²) in [5.41, 5.74) is -0.0931. The largest absolute Gasteiger partial charge is 0.394 e. The quantitative estimate of drug-likeness (QED) is 0.845. The van der Waals surface area contributed by atoms with Crippen LogP contribution in [0.2, 0.25) is 0 Å². The fourth-order valence-electron chi connectivity index (χ4n) is 2.68. The smallest absolute Gasteiger partial charge is 0.170 e. The molecule has 1 aromatic heterocycles. The highest BCUT2D eigenvalue weighted by Gasteiger charge is 2.39. The lowest BCUT2D eigenvalue weighted by Crippen LogP contribution is -2.49. The van der Waals surface area contributed by atoms with Crippen LogP contribution in [-0.4, -0.2) is 37.9 Å². The van der Waals surface area contributed by atoms with Gasteiger partial charge in [0.15, 0.2) is 4.34 Å². The van der Waals surface area contributed by atoms with Crippen molar-refractivity contribution in [3.63, 3.8) is 0 Å². The highest BCUT2D eigenvalue weighted by molar-refractivity contribution is 8.01. The zero-order valence-electron chi connectivity index (χ0n) is 11.8. The van der Waals surface area contributed by atoms with Gasteiger partial charge in [-0.2, -0.15) is 4.37 Å². The molecular weight excluding hydrogens is 278 g/mol. The van der Waals surface area contributed by atoms with E-state index in [1.165, 1.54) is 11.5 Å². The molecule has 2 unspecified atom stereocenters. The number of rotatable bonds is 6. The van der Waals surface area contributed by atoms with Gasteiger partial charge in [-0.25, -0.2) is 4.98 Å². The van der Waals surface area contributed by atoms with Crippen LogP contribution in [0.4, 0.5) is 0 Å². The van der Waals surface area contributed by atoms with Crippen LogP contribution >= 0.6 is 23.3 Å². The summed E-state index contributed by atoms with van der Waals surface area (Å²) >= 11 is 3.33. The first kappa shape index (κ1) is 15.2. The molecule has 1 aliphatic carbocycles. The lowest BCUT2D eigenvalue weighted by molar-refractivity contribution is 0.156. The van der Waals surface area contributed by atoms with Crippen molar-refractivity contribution in [2.45, 2.75) is 67.6 Å². The third-order valence-corrected chi connectivity index (χ3v) is 5.58. The zero-order chi connectivity index (χ0) is 13.9. The number of aryl methyl sites for hydroxylation is 1. The molecule has 0 aromatic carbocycles. The summed E-state index contributed by atoms with van der Waals surface area (Å²) in [5, 5.41) is 13.8. The Hall–Kier alpha value is -0.170. The monoisotopic (exact) mass is 301 g/mol. The second-order valence-corrected chi connectivity index (χ2v) is 7.85. The normalized spacial score (nSPS) is 27.3. The Bertz CT molecular complexity index is 410. The number of hydrogen-bond acceptors (Lipinski definition) is 6. The van der Waals surface area contributed by atoms with Gasteiger partial charge in [-0.1, -0.05) is 32.5 Å². The van der Waals surface area contributed by atoms with Crippen LogP contribution in [-0.2, 0) is 6.42 Å². The highest BCUT2D eigenvalue weighted by Crippen LogP contribution is 2.40. The Labute approximate surface area is 123 Å². The Morgan fingerprint density at radius 3 is 2.95 bits per heavy atom. The number of aromatic nitrogens is 2. The van der Waals surface area contributed by atoms with E-state index >= 15 is 0 Å². The minimum atomic E-state index is -0.0931. The van der Waals surface area contributed by atoms with Gasteiger partial charge in [0, 0.05) is 23.3 Å². The fraction of sp³-hybridized carbons (Fsp3) is 0.846. The van der Waals surface area contributed by atoms with Crippen LogP contribution in [0.25, 0.3) is 0 Å². The first-order valence-electron chi connectivity index (χ1n) is 6.94. The summed E-state index contributed by atoms with van der Waals surface area (Å²) < 4.78 is 5.40. The van der Waals surface area contributed by atoms with Crippen molar-refractivity contribution < 1.29 is 5.11 Å². The van der Waals surface area contributed by atoms with Crippen molar-refractivity contribution in [2.75, 3.05) is 6.61 Å². The van der Waals surface area contributed by atoms with Crippen molar-refractivity contribution in [2.24, 2.45) is 0 Å². The Kier molecular flexibility index (Phi) is 5.22. The molecule has 19 heavy (non-hydrogen) atoms. The third-order valence-electron chi connectivity index (χ3n) is 3.49. The summed E-state index contributed by atoms with van der Waals surface area (Å²) in [7, 11) is 0. The molecule has 0 bridgehead atoms. The van der Waals surface area contributed by atoms with Gasteiger partial charge in [0.2, 0.25) is 0 Å². The molecule has 0 aliphatic heterocycles.